The average Bonchev–Trinajstić information content (AvgIpc) is 3.18. The summed E-state index contributed by atoms with van der Waals surface area (Å²) in [6.07, 6.45) is 3.06. The highest BCUT2D eigenvalue weighted by molar-refractivity contribution is 7.90. The molecule has 0 saturated carbocycles. The van der Waals surface area contributed by atoms with Crippen LogP contribution in [0.3, 0.4) is 0 Å². The van der Waals surface area contributed by atoms with Gasteiger partial charge in [-0.2, -0.15) is 5.10 Å². The monoisotopic (exact) mass is 452 g/mol. The molecular formula is C20H25ClN4O4S. The van der Waals surface area contributed by atoms with Gasteiger partial charge in [0.25, 0.3) is 0 Å². The van der Waals surface area contributed by atoms with E-state index in [0.29, 0.717) is 22.7 Å². The zero-order chi connectivity index (χ0) is 21.9. The molecule has 0 aliphatic carbocycles. The van der Waals surface area contributed by atoms with Gasteiger partial charge >= 0.3 is 6.09 Å². The summed E-state index contributed by atoms with van der Waals surface area (Å²) in [7, 11) is -1.91. The predicted molar refractivity (Wildman–Crippen MR) is 116 cm³/mol. The van der Waals surface area contributed by atoms with Gasteiger partial charge < -0.3 is 9.30 Å². The van der Waals surface area contributed by atoms with E-state index in [4.69, 9.17) is 16.3 Å². The van der Waals surface area contributed by atoms with Crippen molar-refractivity contribution in [3.05, 3.63) is 46.7 Å². The van der Waals surface area contributed by atoms with Gasteiger partial charge in [0.05, 0.1) is 22.5 Å². The maximum absolute atomic E-state index is 12.1. The standard InChI is InChI=1S/C20H25ClN4O4S/c1-4-5-6-11-30(27,28)23-20(26)29-13-17-14(2)22-24(3)19(17)25-10-9-15-12-16(21)7-8-18(15)25/h7-10,12H,4-6,11,13H2,1-3H3,(H,23,26). The molecule has 0 spiro atoms. The van der Waals surface area contributed by atoms with Crippen molar-refractivity contribution in [1.29, 1.82) is 0 Å². The molecule has 1 N–H and O–H groups in total. The van der Waals surface area contributed by atoms with Gasteiger partial charge in [0, 0.05) is 23.7 Å². The van der Waals surface area contributed by atoms with Crippen LogP contribution in [0.2, 0.25) is 5.02 Å². The summed E-state index contributed by atoms with van der Waals surface area (Å²) in [6, 6.07) is 7.50. The largest absolute Gasteiger partial charge is 0.444 e. The number of aryl methyl sites for hydroxylation is 2. The molecule has 0 fully saturated rings. The van der Waals surface area contributed by atoms with Crippen LogP contribution in [0, 0.1) is 6.92 Å². The third-order valence-corrected chi connectivity index (χ3v) is 6.34. The first kappa shape index (κ1) is 22.2. The van der Waals surface area contributed by atoms with E-state index >= 15 is 0 Å². The predicted octanol–water partition coefficient (Wildman–Crippen LogP) is 4.07. The van der Waals surface area contributed by atoms with E-state index in [1.807, 2.05) is 47.5 Å². The van der Waals surface area contributed by atoms with Gasteiger partial charge in [-0.1, -0.05) is 31.4 Å². The van der Waals surface area contributed by atoms with Crippen LogP contribution in [-0.2, 0) is 28.4 Å². The number of benzene rings is 1. The van der Waals surface area contributed by atoms with E-state index in [-0.39, 0.29) is 12.4 Å². The van der Waals surface area contributed by atoms with Crippen LogP contribution in [0.1, 0.15) is 37.4 Å². The van der Waals surface area contributed by atoms with Crippen molar-refractivity contribution < 1.29 is 17.9 Å². The lowest BCUT2D eigenvalue weighted by molar-refractivity contribution is 0.145. The molecule has 0 radical (unpaired) electrons. The number of fused-ring (bicyclic) bond motifs is 1. The zero-order valence-corrected chi connectivity index (χ0v) is 18.8. The molecule has 2 heterocycles. The Hall–Kier alpha value is -2.52. The van der Waals surface area contributed by atoms with Gasteiger partial charge in [0.1, 0.15) is 12.4 Å². The molecule has 30 heavy (non-hydrogen) atoms. The van der Waals surface area contributed by atoms with E-state index in [1.165, 1.54) is 0 Å². The lowest BCUT2D eigenvalue weighted by Crippen LogP contribution is -2.33. The Morgan fingerprint density at radius 3 is 2.77 bits per heavy atom. The number of nitrogens with zero attached hydrogens (tertiary/aromatic N) is 3. The van der Waals surface area contributed by atoms with Crippen molar-refractivity contribution >= 4 is 38.6 Å². The van der Waals surface area contributed by atoms with Crippen LogP contribution in [0.25, 0.3) is 16.7 Å². The third-order valence-electron chi connectivity index (χ3n) is 4.80. The summed E-state index contributed by atoms with van der Waals surface area (Å²) in [5.74, 6) is 0.619. The lowest BCUT2D eigenvalue weighted by Gasteiger charge is -2.11. The molecule has 2 aromatic heterocycles. The number of halogens is 1. The molecule has 0 saturated heterocycles. The molecular weight excluding hydrogens is 428 g/mol. The number of hydrogen-bond acceptors (Lipinski definition) is 5. The van der Waals surface area contributed by atoms with Crippen molar-refractivity contribution in [1.82, 2.24) is 19.1 Å². The molecule has 1 amide bonds. The first-order valence-corrected chi connectivity index (χ1v) is 11.7. The topological polar surface area (TPSA) is 95.2 Å². The molecule has 0 bridgehead atoms. The van der Waals surface area contributed by atoms with Gasteiger partial charge in [-0.3, -0.25) is 4.68 Å². The molecule has 0 unspecified atom stereocenters. The average molecular weight is 453 g/mol. The van der Waals surface area contributed by atoms with Gasteiger partial charge in [-0.25, -0.2) is 17.9 Å². The highest BCUT2D eigenvalue weighted by Gasteiger charge is 2.20. The molecule has 3 rings (SSSR count). The Morgan fingerprint density at radius 1 is 1.27 bits per heavy atom. The van der Waals surface area contributed by atoms with Crippen molar-refractivity contribution in [2.75, 3.05) is 5.75 Å². The second kappa shape index (κ2) is 9.09. The number of unbranched alkanes of at least 4 members (excludes halogenated alkanes) is 2. The molecule has 8 nitrogen and oxygen atoms in total. The van der Waals surface area contributed by atoms with E-state index in [9.17, 15) is 13.2 Å². The highest BCUT2D eigenvalue weighted by atomic mass is 35.5. The number of hydrogen-bond donors (Lipinski definition) is 1. The number of carbonyl (C=O) groups excluding carboxylic acids is 1. The Balaban J connectivity index is 1.78. The van der Waals surface area contributed by atoms with Gasteiger partial charge in [0.2, 0.25) is 10.0 Å². The zero-order valence-electron chi connectivity index (χ0n) is 17.2. The fourth-order valence-electron chi connectivity index (χ4n) is 3.35. The Kier molecular flexibility index (Phi) is 6.72. The molecule has 162 valence electrons. The highest BCUT2D eigenvalue weighted by Crippen LogP contribution is 2.27. The SMILES string of the molecule is CCCCCS(=O)(=O)NC(=O)OCc1c(C)nn(C)c1-n1ccc2cc(Cl)ccc21. The van der Waals surface area contributed by atoms with Gasteiger partial charge in [-0.15, -0.1) is 0 Å². The number of nitrogens with one attached hydrogen (secondary N) is 1. The number of ether oxygens (including phenoxy) is 1. The Labute approximate surface area is 180 Å². The lowest BCUT2D eigenvalue weighted by atomic mass is 10.2. The fraction of sp³-hybridized carbons (Fsp3) is 0.400. The van der Waals surface area contributed by atoms with Crippen molar-refractivity contribution in [3.63, 3.8) is 0 Å². The summed E-state index contributed by atoms with van der Waals surface area (Å²) < 4.78 is 34.8. The Bertz CT molecular complexity index is 1170. The van der Waals surface area contributed by atoms with E-state index < -0.39 is 16.1 Å². The van der Waals surface area contributed by atoms with Crippen LogP contribution < -0.4 is 4.72 Å². The summed E-state index contributed by atoms with van der Waals surface area (Å²) in [4.78, 5) is 12.1. The number of amides is 1. The summed E-state index contributed by atoms with van der Waals surface area (Å²) in [5.41, 5.74) is 2.29. The number of carbonyl (C=O) groups is 1. The molecule has 0 aliphatic heterocycles. The molecule has 0 atom stereocenters. The minimum absolute atomic E-state index is 0.106. The van der Waals surface area contributed by atoms with E-state index in [0.717, 1.165) is 29.6 Å². The second-order valence-corrected chi connectivity index (χ2v) is 9.38. The third kappa shape index (κ3) is 4.96. The Morgan fingerprint density at radius 2 is 2.03 bits per heavy atom. The first-order valence-electron chi connectivity index (χ1n) is 9.68. The van der Waals surface area contributed by atoms with Gasteiger partial charge in [0.15, 0.2) is 0 Å². The van der Waals surface area contributed by atoms with E-state index in [2.05, 4.69) is 5.10 Å². The number of sulfonamides is 1. The van der Waals surface area contributed by atoms with Crippen LogP contribution in [-0.4, -0.2) is 34.6 Å². The number of rotatable bonds is 8. The molecule has 10 heteroatoms. The second-order valence-electron chi connectivity index (χ2n) is 7.10. The quantitative estimate of drug-likeness (QED) is 0.520. The fourth-order valence-corrected chi connectivity index (χ4v) is 4.53. The normalized spacial score (nSPS) is 11.7. The maximum atomic E-state index is 12.1. The first-order chi connectivity index (χ1) is 14.2. The minimum atomic E-state index is -3.71. The van der Waals surface area contributed by atoms with Crippen molar-refractivity contribution in [2.45, 2.75) is 39.7 Å². The summed E-state index contributed by atoms with van der Waals surface area (Å²) >= 11 is 6.08. The van der Waals surface area contributed by atoms with Crippen LogP contribution in [0.15, 0.2) is 30.5 Å². The van der Waals surface area contributed by atoms with Gasteiger partial charge in [-0.05, 0) is 37.6 Å². The summed E-state index contributed by atoms with van der Waals surface area (Å²) in [5, 5.41) is 6.04. The van der Waals surface area contributed by atoms with Crippen LogP contribution in [0.5, 0.6) is 0 Å². The van der Waals surface area contributed by atoms with Crippen molar-refractivity contribution in [3.8, 4) is 5.82 Å². The number of aromatic nitrogens is 3. The minimum Gasteiger partial charge on any atom is -0.444 e. The molecule has 0 aliphatic rings. The van der Waals surface area contributed by atoms with E-state index in [1.54, 1.807) is 17.8 Å². The van der Waals surface area contributed by atoms with Crippen LogP contribution in [0.4, 0.5) is 4.79 Å². The van der Waals surface area contributed by atoms with Crippen LogP contribution >= 0.6 is 11.6 Å². The smallest absolute Gasteiger partial charge is 0.421 e. The molecule has 1 aromatic carbocycles. The molecule has 3 aromatic rings. The van der Waals surface area contributed by atoms with Crippen molar-refractivity contribution in [2.24, 2.45) is 7.05 Å². The summed E-state index contributed by atoms with van der Waals surface area (Å²) in [6.45, 7) is 3.67. The maximum Gasteiger partial charge on any atom is 0.421 e.